The fraction of sp³-hybridized carbons (Fsp3) is 0. The lowest BCUT2D eigenvalue weighted by Crippen LogP contribution is -2.10. The standard InChI is InChI=1S/C38H25N3S/c1-2-13-29(14-3-1)41(30-15-8-11-27(24-30)35-18-6-7-22-39-35)31-16-9-12-28(25-31)36-38-34(21-23-40-36)33-20-19-26-10-4-5-17-32(26)37(33)42-38/h1-25H. The molecule has 42 heavy (non-hydrogen) atoms. The van der Waals surface area contributed by atoms with E-state index in [0.717, 1.165) is 39.6 Å². The van der Waals surface area contributed by atoms with Crippen LogP contribution in [0.3, 0.4) is 0 Å². The quantitative estimate of drug-likeness (QED) is 0.211. The molecule has 8 rings (SSSR count). The van der Waals surface area contributed by atoms with Gasteiger partial charge in [0.2, 0.25) is 0 Å². The summed E-state index contributed by atoms with van der Waals surface area (Å²) in [6.07, 6.45) is 3.78. The Hall–Kier alpha value is -5.32. The highest BCUT2D eigenvalue weighted by atomic mass is 32.1. The maximum Gasteiger partial charge on any atom is 0.0881 e. The van der Waals surface area contributed by atoms with Crippen molar-refractivity contribution in [3.05, 3.63) is 152 Å². The molecule has 5 aromatic carbocycles. The second-order valence-corrected chi connectivity index (χ2v) is 11.3. The summed E-state index contributed by atoms with van der Waals surface area (Å²) in [6.45, 7) is 0. The van der Waals surface area contributed by atoms with E-state index in [1.165, 1.54) is 30.9 Å². The Kier molecular flexibility index (Phi) is 5.98. The lowest BCUT2D eigenvalue weighted by molar-refractivity contribution is 1.27. The molecule has 0 aliphatic rings. The van der Waals surface area contributed by atoms with Crippen molar-refractivity contribution in [2.24, 2.45) is 0 Å². The van der Waals surface area contributed by atoms with Crippen LogP contribution in [0.4, 0.5) is 17.1 Å². The van der Waals surface area contributed by atoms with E-state index in [1.807, 2.05) is 41.9 Å². The van der Waals surface area contributed by atoms with Crippen LogP contribution in [0.1, 0.15) is 0 Å². The number of pyridine rings is 2. The number of anilines is 3. The van der Waals surface area contributed by atoms with Crippen LogP contribution in [0.5, 0.6) is 0 Å². The van der Waals surface area contributed by atoms with E-state index in [0.29, 0.717) is 0 Å². The molecule has 0 saturated carbocycles. The Labute approximate surface area is 248 Å². The molecule has 3 nitrogen and oxygen atoms in total. The second-order valence-electron chi connectivity index (χ2n) is 10.3. The molecule has 0 N–H and O–H groups in total. The molecule has 3 aromatic heterocycles. The van der Waals surface area contributed by atoms with Gasteiger partial charge in [0, 0.05) is 56.1 Å². The van der Waals surface area contributed by atoms with Crippen molar-refractivity contribution in [3.63, 3.8) is 0 Å². The maximum atomic E-state index is 4.94. The summed E-state index contributed by atoms with van der Waals surface area (Å²) in [7, 11) is 0. The zero-order chi connectivity index (χ0) is 27.9. The molecule has 0 bridgehead atoms. The van der Waals surface area contributed by atoms with E-state index in [4.69, 9.17) is 4.98 Å². The van der Waals surface area contributed by atoms with E-state index < -0.39 is 0 Å². The van der Waals surface area contributed by atoms with Crippen molar-refractivity contribution in [1.29, 1.82) is 0 Å². The third-order valence-corrected chi connectivity index (χ3v) is 9.00. The molecule has 198 valence electrons. The van der Waals surface area contributed by atoms with Gasteiger partial charge in [0.1, 0.15) is 0 Å². The number of thiophene rings is 1. The molecule has 3 heterocycles. The number of benzene rings is 5. The number of rotatable bonds is 5. The Morgan fingerprint density at radius 2 is 1.17 bits per heavy atom. The molecular weight excluding hydrogens is 531 g/mol. The molecular formula is C38H25N3S. The van der Waals surface area contributed by atoms with Crippen LogP contribution in [0.2, 0.25) is 0 Å². The number of nitrogens with zero attached hydrogens (tertiary/aromatic N) is 3. The van der Waals surface area contributed by atoms with E-state index >= 15 is 0 Å². The molecule has 0 spiro atoms. The topological polar surface area (TPSA) is 29.0 Å². The minimum atomic E-state index is 0.953. The van der Waals surface area contributed by atoms with Crippen molar-refractivity contribution in [2.75, 3.05) is 4.90 Å². The van der Waals surface area contributed by atoms with Crippen LogP contribution in [0.25, 0.3) is 53.5 Å². The summed E-state index contributed by atoms with van der Waals surface area (Å²) in [6, 6.07) is 49.1. The van der Waals surface area contributed by atoms with Gasteiger partial charge >= 0.3 is 0 Å². The first-order valence-electron chi connectivity index (χ1n) is 14.0. The smallest absolute Gasteiger partial charge is 0.0881 e. The molecule has 0 fully saturated rings. The Bertz CT molecular complexity index is 2200. The average Bonchev–Trinajstić information content (AvgIpc) is 3.46. The van der Waals surface area contributed by atoms with Crippen LogP contribution in [-0.4, -0.2) is 9.97 Å². The van der Waals surface area contributed by atoms with Gasteiger partial charge in [0.25, 0.3) is 0 Å². The summed E-state index contributed by atoms with van der Waals surface area (Å²) in [5, 5.41) is 5.09. The third-order valence-electron chi connectivity index (χ3n) is 7.74. The predicted octanol–water partition coefficient (Wildman–Crippen LogP) is 10.8. The van der Waals surface area contributed by atoms with E-state index in [1.54, 1.807) is 0 Å². The van der Waals surface area contributed by atoms with Crippen molar-refractivity contribution >= 4 is 59.3 Å². The normalized spacial score (nSPS) is 11.3. The highest BCUT2D eigenvalue weighted by Gasteiger charge is 2.17. The minimum absolute atomic E-state index is 0.953. The van der Waals surface area contributed by atoms with Crippen LogP contribution in [0.15, 0.2) is 152 Å². The van der Waals surface area contributed by atoms with Gasteiger partial charge in [-0.1, -0.05) is 84.9 Å². The first-order valence-corrected chi connectivity index (χ1v) is 14.8. The maximum absolute atomic E-state index is 4.94. The van der Waals surface area contributed by atoms with Gasteiger partial charge in [-0.25, -0.2) is 0 Å². The first kappa shape index (κ1) is 24.5. The summed E-state index contributed by atoms with van der Waals surface area (Å²) in [5.74, 6) is 0. The summed E-state index contributed by atoms with van der Waals surface area (Å²) < 4.78 is 2.52. The number of hydrogen-bond donors (Lipinski definition) is 0. The molecule has 0 amide bonds. The van der Waals surface area contributed by atoms with Crippen LogP contribution < -0.4 is 4.90 Å². The zero-order valence-corrected chi connectivity index (χ0v) is 23.5. The molecule has 0 unspecified atom stereocenters. The van der Waals surface area contributed by atoms with E-state index in [9.17, 15) is 0 Å². The number of para-hydroxylation sites is 1. The highest BCUT2D eigenvalue weighted by molar-refractivity contribution is 7.27. The first-order chi connectivity index (χ1) is 20.8. The highest BCUT2D eigenvalue weighted by Crippen LogP contribution is 2.43. The molecule has 8 aromatic rings. The molecule has 0 saturated heterocycles. The largest absolute Gasteiger partial charge is 0.310 e. The predicted molar refractivity (Wildman–Crippen MR) is 178 cm³/mol. The molecule has 0 radical (unpaired) electrons. The lowest BCUT2D eigenvalue weighted by atomic mass is 10.0. The SMILES string of the molecule is c1ccc(N(c2cccc(-c3ccccn3)c2)c2cccc(-c3nccc4c3sc3c5ccccc5ccc43)c2)cc1. The van der Waals surface area contributed by atoms with Gasteiger partial charge < -0.3 is 4.90 Å². The van der Waals surface area contributed by atoms with Gasteiger partial charge in [-0.2, -0.15) is 0 Å². The lowest BCUT2D eigenvalue weighted by Gasteiger charge is -2.26. The van der Waals surface area contributed by atoms with Crippen LogP contribution in [0, 0.1) is 0 Å². The fourth-order valence-corrected chi connectivity index (χ4v) is 7.13. The van der Waals surface area contributed by atoms with Crippen molar-refractivity contribution in [3.8, 4) is 22.5 Å². The molecule has 0 aliphatic carbocycles. The second kappa shape index (κ2) is 10.3. The van der Waals surface area contributed by atoms with Crippen molar-refractivity contribution in [2.45, 2.75) is 0 Å². The van der Waals surface area contributed by atoms with Crippen LogP contribution >= 0.6 is 11.3 Å². The Morgan fingerprint density at radius 3 is 2.00 bits per heavy atom. The van der Waals surface area contributed by atoms with Gasteiger partial charge in [0.05, 0.1) is 16.1 Å². The Balaban J connectivity index is 1.29. The summed E-state index contributed by atoms with van der Waals surface area (Å²) >= 11 is 1.84. The Morgan fingerprint density at radius 1 is 0.452 bits per heavy atom. The van der Waals surface area contributed by atoms with E-state index in [-0.39, 0.29) is 0 Å². The monoisotopic (exact) mass is 555 g/mol. The number of aromatic nitrogens is 2. The van der Waals surface area contributed by atoms with Crippen molar-refractivity contribution < 1.29 is 0 Å². The fourth-order valence-electron chi connectivity index (χ4n) is 5.79. The summed E-state index contributed by atoms with van der Waals surface area (Å²) in [4.78, 5) is 11.8. The zero-order valence-electron chi connectivity index (χ0n) is 22.7. The van der Waals surface area contributed by atoms with Gasteiger partial charge in [0.15, 0.2) is 0 Å². The minimum Gasteiger partial charge on any atom is -0.310 e. The molecule has 4 heteroatoms. The average molecular weight is 556 g/mol. The summed E-state index contributed by atoms with van der Waals surface area (Å²) in [5.41, 5.74) is 7.37. The van der Waals surface area contributed by atoms with E-state index in [2.05, 4.69) is 131 Å². The number of fused-ring (bicyclic) bond motifs is 5. The van der Waals surface area contributed by atoms with Gasteiger partial charge in [-0.3, -0.25) is 9.97 Å². The van der Waals surface area contributed by atoms with Gasteiger partial charge in [-0.05, 0) is 65.4 Å². The van der Waals surface area contributed by atoms with Crippen molar-refractivity contribution in [1.82, 2.24) is 9.97 Å². The number of hydrogen-bond acceptors (Lipinski definition) is 4. The van der Waals surface area contributed by atoms with Gasteiger partial charge in [-0.15, -0.1) is 11.3 Å². The van der Waals surface area contributed by atoms with Crippen LogP contribution in [-0.2, 0) is 0 Å². The molecule has 0 aliphatic heterocycles. The molecule has 0 atom stereocenters. The third kappa shape index (κ3) is 4.21.